The summed E-state index contributed by atoms with van der Waals surface area (Å²) in [5.74, 6) is -0.348. The van der Waals surface area contributed by atoms with E-state index in [4.69, 9.17) is 9.84 Å². The summed E-state index contributed by atoms with van der Waals surface area (Å²) >= 11 is 0. The molecule has 0 spiro atoms. The largest absolute Gasteiger partial charge is 0.493 e. The first kappa shape index (κ1) is 16.3. The lowest BCUT2D eigenvalue weighted by atomic mass is 9.98. The van der Waals surface area contributed by atoms with Crippen molar-refractivity contribution in [2.75, 3.05) is 19.7 Å². The van der Waals surface area contributed by atoms with Gasteiger partial charge in [-0.3, -0.25) is 9.59 Å². The molecule has 1 aromatic rings. The van der Waals surface area contributed by atoms with Crippen LogP contribution in [0, 0.1) is 12.8 Å². The maximum atomic E-state index is 12.1. The number of ether oxygens (including phenoxy) is 1. The highest BCUT2D eigenvalue weighted by atomic mass is 16.5. The molecule has 0 aromatic heterocycles. The van der Waals surface area contributed by atoms with Gasteiger partial charge in [0, 0.05) is 19.5 Å². The summed E-state index contributed by atoms with van der Waals surface area (Å²) in [5.41, 5.74) is 1.08. The number of carboxylic acids is 1. The van der Waals surface area contributed by atoms with Gasteiger partial charge < -0.3 is 14.7 Å². The third-order valence-corrected chi connectivity index (χ3v) is 4.01. The van der Waals surface area contributed by atoms with Crippen LogP contribution in [0.15, 0.2) is 24.3 Å². The van der Waals surface area contributed by atoms with Crippen LogP contribution in [0.4, 0.5) is 0 Å². The van der Waals surface area contributed by atoms with E-state index in [1.165, 1.54) is 0 Å². The normalized spacial score (nSPS) is 18.0. The number of carbonyl (C=O) groups excluding carboxylic acids is 1. The first-order valence-electron chi connectivity index (χ1n) is 7.77. The van der Waals surface area contributed by atoms with Gasteiger partial charge in [-0.25, -0.2) is 0 Å². The van der Waals surface area contributed by atoms with Gasteiger partial charge in [0.1, 0.15) is 5.75 Å². The number of likely N-dealkylation sites (tertiary alicyclic amines) is 1. The molecule has 0 radical (unpaired) electrons. The van der Waals surface area contributed by atoms with E-state index in [9.17, 15) is 9.59 Å². The van der Waals surface area contributed by atoms with Crippen molar-refractivity contribution in [2.45, 2.75) is 32.6 Å². The molecule has 0 aliphatic carbocycles. The van der Waals surface area contributed by atoms with Gasteiger partial charge >= 0.3 is 5.97 Å². The molecule has 0 saturated carbocycles. The predicted molar refractivity (Wildman–Crippen MR) is 82.8 cm³/mol. The number of carbonyl (C=O) groups is 2. The molecule has 5 heteroatoms. The molecule has 22 heavy (non-hydrogen) atoms. The number of benzene rings is 1. The molecule has 1 heterocycles. The summed E-state index contributed by atoms with van der Waals surface area (Å²) in [6.45, 7) is 3.49. The van der Waals surface area contributed by atoms with E-state index in [-0.39, 0.29) is 5.91 Å². The molecule has 1 amide bonds. The summed E-state index contributed by atoms with van der Waals surface area (Å²) in [4.78, 5) is 24.8. The topological polar surface area (TPSA) is 66.8 Å². The number of aryl methyl sites for hydroxylation is 1. The highest BCUT2D eigenvalue weighted by molar-refractivity contribution is 5.78. The standard InChI is InChI=1S/C17H23NO4/c1-13-6-2-3-8-15(13)22-11-5-9-16(19)18-10-4-7-14(12-18)17(20)21/h2-3,6,8,14H,4-5,7,9-12H2,1H3,(H,20,21)/t14-/m0/s1. The number of piperidine rings is 1. The summed E-state index contributed by atoms with van der Waals surface area (Å²) in [7, 11) is 0. The van der Waals surface area contributed by atoms with Crippen LogP contribution in [0.3, 0.4) is 0 Å². The minimum Gasteiger partial charge on any atom is -0.493 e. The predicted octanol–water partition coefficient (Wildman–Crippen LogP) is 2.48. The van der Waals surface area contributed by atoms with Gasteiger partial charge in [-0.05, 0) is 37.8 Å². The number of carboxylic acid groups (broad SMARTS) is 1. The Balaban J connectivity index is 1.71. The van der Waals surface area contributed by atoms with Gasteiger partial charge in [-0.1, -0.05) is 18.2 Å². The number of hydrogen-bond acceptors (Lipinski definition) is 3. The molecule has 1 aliphatic heterocycles. The fourth-order valence-electron chi connectivity index (χ4n) is 2.69. The van der Waals surface area contributed by atoms with Crippen molar-refractivity contribution >= 4 is 11.9 Å². The molecular weight excluding hydrogens is 282 g/mol. The Labute approximate surface area is 130 Å². The zero-order chi connectivity index (χ0) is 15.9. The molecular formula is C17H23NO4. The second-order valence-corrected chi connectivity index (χ2v) is 5.73. The molecule has 1 fully saturated rings. The SMILES string of the molecule is Cc1ccccc1OCCCC(=O)N1CCC[C@H](C(=O)O)C1. The summed E-state index contributed by atoms with van der Waals surface area (Å²) in [6, 6.07) is 7.79. The van der Waals surface area contributed by atoms with E-state index in [2.05, 4.69) is 0 Å². The second-order valence-electron chi connectivity index (χ2n) is 5.73. The number of amides is 1. The maximum Gasteiger partial charge on any atom is 0.308 e. The minimum absolute atomic E-state index is 0.0272. The van der Waals surface area contributed by atoms with Gasteiger partial charge in [-0.2, -0.15) is 0 Å². The number of rotatable bonds is 6. The first-order chi connectivity index (χ1) is 10.6. The summed E-state index contributed by atoms with van der Waals surface area (Å²) in [6.07, 6.45) is 2.47. The Hall–Kier alpha value is -2.04. The summed E-state index contributed by atoms with van der Waals surface area (Å²) in [5, 5.41) is 9.05. The Morgan fingerprint density at radius 3 is 2.86 bits per heavy atom. The molecule has 1 saturated heterocycles. The van der Waals surface area contributed by atoms with Crippen molar-refractivity contribution < 1.29 is 19.4 Å². The maximum absolute atomic E-state index is 12.1. The third kappa shape index (κ3) is 4.48. The Kier molecular flexibility index (Phi) is 5.81. The smallest absolute Gasteiger partial charge is 0.308 e. The van der Waals surface area contributed by atoms with Gasteiger partial charge in [-0.15, -0.1) is 0 Å². The Morgan fingerprint density at radius 1 is 1.36 bits per heavy atom. The van der Waals surface area contributed by atoms with Crippen molar-refractivity contribution in [3.05, 3.63) is 29.8 Å². The fourth-order valence-corrected chi connectivity index (χ4v) is 2.69. The second kappa shape index (κ2) is 7.82. The van der Waals surface area contributed by atoms with Gasteiger partial charge in [0.05, 0.1) is 12.5 Å². The third-order valence-electron chi connectivity index (χ3n) is 4.01. The number of aliphatic carboxylic acids is 1. The first-order valence-corrected chi connectivity index (χ1v) is 7.77. The van der Waals surface area contributed by atoms with E-state index in [0.717, 1.165) is 17.7 Å². The molecule has 1 aliphatic rings. The highest BCUT2D eigenvalue weighted by Crippen LogP contribution is 2.19. The zero-order valence-electron chi connectivity index (χ0n) is 13.0. The average molecular weight is 305 g/mol. The molecule has 1 atom stereocenters. The van der Waals surface area contributed by atoms with Crippen LogP contribution in [0.5, 0.6) is 5.75 Å². The number of para-hydroxylation sites is 1. The monoisotopic (exact) mass is 305 g/mol. The molecule has 0 unspecified atom stereocenters. The van der Waals surface area contributed by atoms with Gasteiger partial charge in [0.15, 0.2) is 0 Å². The quantitative estimate of drug-likeness (QED) is 0.820. The Bertz CT molecular complexity index is 529. The summed E-state index contributed by atoms with van der Waals surface area (Å²) < 4.78 is 5.67. The van der Waals surface area contributed by atoms with Crippen molar-refractivity contribution in [3.8, 4) is 5.75 Å². The van der Waals surface area contributed by atoms with Crippen molar-refractivity contribution in [1.29, 1.82) is 0 Å². The molecule has 2 rings (SSSR count). The highest BCUT2D eigenvalue weighted by Gasteiger charge is 2.27. The number of hydrogen-bond donors (Lipinski definition) is 1. The van der Waals surface area contributed by atoms with Crippen LogP contribution in [0.1, 0.15) is 31.2 Å². The van der Waals surface area contributed by atoms with Crippen molar-refractivity contribution in [2.24, 2.45) is 5.92 Å². The lowest BCUT2D eigenvalue weighted by molar-refractivity contribution is -0.145. The van der Waals surface area contributed by atoms with Crippen LogP contribution in [-0.4, -0.2) is 41.6 Å². The Morgan fingerprint density at radius 2 is 2.14 bits per heavy atom. The van der Waals surface area contributed by atoms with Crippen LogP contribution in [0.2, 0.25) is 0 Å². The van der Waals surface area contributed by atoms with Crippen LogP contribution >= 0.6 is 0 Å². The van der Waals surface area contributed by atoms with Gasteiger partial charge in [0.2, 0.25) is 5.91 Å². The minimum atomic E-state index is -0.805. The molecule has 0 bridgehead atoms. The van der Waals surface area contributed by atoms with E-state index in [1.54, 1.807) is 4.90 Å². The van der Waals surface area contributed by atoms with Crippen LogP contribution < -0.4 is 4.74 Å². The lowest BCUT2D eigenvalue weighted by Crippen LogP contribution is -2.42. The number of nitrogens with zero attached hydrogens (tertiary/aromatic N) is 1. The fraction of sp³-hybridized carbons (Fsp3) is 0.529. The van der Waals surface area contributed by atoms with E-state index in [1.807, 2.05) is 31.2 Å². The van der Waals surface area contributed by atoms with E-state index >= 15 is 0 Å². The molecule has 120 valence electrons. The van der Waals surface area contributed by atoms with Crippen molar-refractivity contribution in [1.82, 2.24) is 4.90 Å². The zero-order valence-corrected chi connectivity index (χ0v) is 13.0. The van der Waals surface area contributed by atoms with Crippen LogP contribution in [0.25, 0.3) is 0 Å². The average Bonchev–Trinajstić information content (AvgIpc) is 2.53. The van der Waals surface area contributed by atoms with E-state index < -0.39 is 11.9 Å². The van der Waals surface area contributed by atoms with Crippen LogP contribution in [-0.2, 0) is 9.59 Å². The molecule has 5 nitrogen and oxygen atoms in total. The lowest BCUT2D eigenvalue weighted by Gasteiger charge is -2.30. The van der Waals surface area contributed by atoms with E-state index in [0.29, 0.717) is 39.0 Å². The van der Waals surface area contributed by atoms with Gasteiger partial charge in [0.25, 0.3) is 0 Å². The van der Waals surface area contributed by atoms with Crippen molar-refractivity contribution in [3.63, 3.8) is 0 Å². The molecule has 1 N–H and O–H groups in total. The molecule has 1 aromatic carbocycles.